The first-order valence-corrected chi connectivity index (χ1v) is 5.98. The van der Waals surface area contributed by atoms with Gasteiger partial charge in [-0.3, -0.25) is 0 Å². The molecule has 4 heteroatoms. The minimum atomic E-state index is 0.344. The Kier molecular flexibility index (Phi) is 2.98. The maximum absolute atomic E-state index is 5.88. The largest absolute Gasteiger partial charge is 0.369 e. The van der Waals surface area contributed by atoms with Crippen LogP contribution in [0.5, 0.6) is 0 Å². The van der Waals surface area contributed by atoms with E-state index >= 15 is 0 Å². The number of nitrogens with one attached hydrogen (secondary N) is 1. The van der Waals surface area contributed by atoms with Crippen molar-refractivity contribution in [3.8, 4) is 0 Å². The van der Waals surface area contributed by atoms with Gasteiger partial charge >= 0.3 is 0 Å². The van der Waals surface area contributed by atoms with Crippen LogP contribution in [0.3, 0.4) is 0 Å². The maximum atomic E-state index is 5.88. The van der Waals surface area contributed by atoms with Crippen LogP contribution in [0.1, 0.15) is 12.8 Å². The third-order valence-corrected chi connectivity index (χ3v) is 3.65. The molecule has 2 rings (SSSR count). The number of halogens is 2. The molecule has 0 bridgehead atoms. The second-order valence-electron chi connectivity index (χ2n) is 3.85. The van der Waals surface area contributed by atoms with Crippen molar-refractivity contribution in [3.63, 3.8) is 0 Å². The molecule has 0 radical (unpaired) electrons. The van der Waals surface area contributed by atoms with Crippen molar-refractivity contribution in [2.24, 2.45) is 5.41 Å². The maximum Gasteiger partial charge on any atom is 0.125 e. The lowest BCUT2D eigenvalue weighted by molar-refractivity contribution is 0.617. The van der Waals surface area contributed by atoms with Crippen LogP contribution in [0.25, 0.3) is 0 Å². The van der Waals surface area contributed by atoms with Crippen molar-refractivity contribution in [1.82, 2.24) is 4.98 Å². The Balaban J connectivity index is 1.89. The summed E-state index contributed by atoms with van der Waals surface area (Å²) < 4.78 is 1.00. The van der Waals surface area contributed by atoms with Crippen LogP contribution >= 0.6 is 27.5 Å². The summed E-state index contributed by atoms with van der Waals surface area (Å²) in [6, 6.07) is 3.95. The van der Waals surface area contributed by atoms with Gasteiger partial charge in [-0.15, -0.1) is 11.6 Å². The fraction of sp³-hybridized carbons (Fsp3) is 0.500. The highest BCUT2D eigenvalue weighted by Crippen LogP contribution is 2.46. The molecular formula is C10H12BrClN2. The highest BCUT2D eigenvalue weighted by atomic mass is 79.9. The lowest BCUT2D eigenvalue weighted by Gasteiger charge is -2.12. The average molecular weight is 276 g/mol. The summed E-state index contributed by atoms with van der Waals surface area (Å²) in [6.45, 7) is 0.936. The fourth-order valence-electron chi connectivity index (χ4n) is 1.29. The Hall–Kier alpha value is -0.280. The van der Waals surface area contributed by atoms with E-state index in [9.17, 15) is 0 Å². The van der Waals surface area contributed by atoms with Crippen molar-refractivity contribution >= 4 is 33.3 Å². The van der Waals surface area contributed by atoms with Crippen molar-refractivity contribution in [2.75, 3.05) is 17.7 Å². The van der Waals surface area contributed by atoms with Gasteiger partial charge < -0.3 is 5.32 Å². The lowest BCUT2D eigenvalue weighted by Crippen LogP contribution is -2.17. The Labute approximate surface area is 97.2 Å². The number of hydrogen-bond acceptors (Lipinski definition) is 2. The first-order valence-electron chi connectivity index (χ1n) is 4.66. The van der Waals surface area contributed by atoms with E-state index < -0.39 is 0 Å². The van der Waals surface area contributed by atoms with Gasteiger partial charge in [0.1, 0.15) is 5.82 Å². The summed E-state index contributed by atoms with van der Waals surface area (Å²) in [4.78, 5) is 4.24. The second kappa shape index (κ2) is 4.07. The van der Waals surface area contributed by atoms with E-state index in [0.717, 1.165) is 22.7 Å². The third-order valence-electron chi connectivity index (χ3n) is 2.61. The summed E-state index contributed by atoms with van der Waals surface area (Å²) in [5.74, 6) is 1.67. The van der Waals surface area contributed by atoms with Gasteiger partial charge in [-0.05, 0) is 40.9 Å². The van der Waals surface area contributed by atoms with E-state index in [2.05, 4.69) is 26.2 Å². The molecule has 0 spiro atoms. The molecule has 76 valence electrons. The minimum Gasteiger partial charge on any atom is -0.369 e. The van der Waals surface area contributed by atoms with Crippen LogP contribution in [0.4, 0.5) is 5.82 Å². The molecule has 0 aliphatic heterocycles. The van der Waals surface area contributed by atoms with Crippen LogP contribution in [-0.2, 0) is 0 Å². The van der Waals surface area contributed by atoms with Gasteiger partial charge in [0.2, 0.25) is 0 Å². The molecule has 0 amide bonds. The van der Waals surface area contributed by atoms with Crippen LogP contribution in [0.2, 0.25) is 0 Å². The number of nitrogens with zero attached hydrogens (tertiary/aromatic N) is 1. The molecule has 0 atom stereocenters. The van der Waals surface area contributed by atoms with Crippen molar-refractivity contribution in [1.29, 1.82) is 0 Å². The molecule has 1 saturated carbocycles. The topological polar surface area (TPSA) is 24.9 Å². The molecule has 1 heterocycles. The van der Waals surface area contributed by atoms with Gasteiger partial charge in [-0.25, -0.2) is 4.98 Å². The molecule has 1 aliphatic carbocycles. The number of aromatic nitrogens is 1. The zero-order valence-corrected chi connectivity index (χ0v) is 10.1. The van der Waals surface area contributed by atoms with E-state index in [4.69, 9.17) is 11.6 Å². The van der Waals surface area contributed by atoms with Gasteiger partial charge in [0.15, 0.2) is 0 Å². The molecule has 2 nitrogen and oxygen atoms in total. The van der Waals surface area contributed by atoms with E-state index in [-0.39, 0.29) is 0 Å². The van der Waals surface area contributed by atoms with Gasteiger partial charge in [0, 0.05) is 28.5 Å². The third kappa shape index (κ3) is 2.39. The summed E-state index contributed by atoms with van der Waals surface area (Å²) in [6.07, 6.45) is 4.27. The molecule has 1 aromatic heterocycles. The SMILES string of the molecule is ClCC1(CNc2ccc(Br)cn2)CC1. The number of hydrogen-bond donors (Lipinski definition) is 1. The lowest BCUT2D eigenvalue weighted by atomic mass is 10.1. The molecule has 0 unspecified atom stereocenters. The standard InChI is InChI=1S/C10H12BrClN2/c11-8-1-2-9(13-5-8)14-7-10(6-12)3-4-10/h1-2,5H,3-4,6-7H2,(H,13,14). The Morgan fingerprint density at radius 3 is 2.79 bits per heavy atom. The fourth-order valence-corrected chi connectivity index (χ4v) is 1.89. The first kappa shape index (κ1) is 10.2. The Morgan fingerprint density at radius 2 is 2.29 bits per heavy atom. The quantitative estimate of drug-likeness (QED) is 0.853. The predicted octanol–water partition coefficient (Wildman–Crippen LogP) is 3.28. The van der Waals surface area contributed by atoms with Crippen molar-refractivity contribution < 1.29 is 0 Å². The number of anilines is 1. The smallest absolute Gasteiger partial charge is 0.125 e. The zero-order chi connectivity index (χ0) is 10.0. The molecule has 14 heavy (non-hydrogen) atoms. The summed E-state index contributed by atoms with van der Waals surface area (Å²) in [5.41, 5.74) is 0.344. The zero-order valence-electron chi connectivity index (χ0n) is 7.76. The minimum absolute atomic E-state index is 0.344. The molecular weight excluding hydrogens is 263 g/mol. The van der Waals surface area contributed by atoms with Crippen LogP contribution < -0.4 is 5.32 Å². The molecule has 0 aromatic carbocycles. The Bertz CT molecular complexity index is 308. The molecule has 1 aliphatic rings. The van der Waals surface area contributed by atoms with E-state index in [0.29, 0.717) is 5.41 Å². The van der Waals surface area contributed by atoms with Crippen LogP contribution in [0.15, 0.2) is 22.8 Å². The number of alkyl halides is 1. The number of pyridine rings is 1. The average Bonchev–Trinajstić information content (AvgIpc) is 2.98. The van der Waals surface area contributed by atoms with E-state index in [1.807, 2.05) is 12.1 Å². The van der Waals surface area contributed by atoms with Gasteiger partial charge in [0.25, 0.3) is 0 Å². The molecule has 1 aromatic rings. The first-order chi connectivity index (χ1) is 6.74. The Morgan fingerprint density at radius 1 is 1.50 bits per heavy atom. The van der Waals surface area contributed by atoms with E-state index in [1.54, 1.807) is 6.20 Å². The highest BCUT2D eigenvalue weighted by Gasteiger charge is 2.41. The van der Waals surface area contributed by atoms with Crippen LogP contribution in [0, 0.1) is 5.41 Å². The molecule has 1 fully saturated rings. The predicted molar refractivity (Wildman–Crippen MR) is 62.8 cm³/mol. The van der Waals surface area contributed by atoms with Crippen molar-refractivity contribution in [3.05, 3.63) is 22.8 Å². The normalized spacial score (nSPS) is 17.9. The van der Waals surface area contributed by atoms with Crippen LogP contribution in [-0.4, -0.2) is 17.4 Å². The van der Waals surface area contributed by atoms with Crippen molar-refractivity contribution in [2.45, 2.75) is 12.8 Å². The monoisotopic (exact) mass is 274 g/mol. The van der Waals surface area contributed by atoms with Gasteiger partial charge in [-0.1, -0.05) is 0 Å². The second-order valence-corrected chi connectivity index (χ2v) is 5.03. The van der Waals surface area contributed by atoms with E-state index in [1.165, 1.54) is 12.8 Å². The summed E-state index contributed by atoms with van der Waals surface area (Å²) >= 11 is 9.23. The summed E-state index contributed by atoms with van der Waals surface area (Å²) in [5, 5.41) is 3.31. The molecule has 0 saturated heterocycles. The molecule has 1 N–H and O–H groups in total. The van der Waals surface area contributed by atoms with Gasteiger partial charge in [-0.2, -0.15) is 0 Å². The number of rotatable bonds is 4. The summed E-state index contributed by atoms with van der Waals surface area (Å²) in [7, 11) is 0. The highest BCUT2D eigenvalue weighted by molar-refractivity contribution is 9.10. The van der Waals surface area contributed by atoms with Gasteiger partial charge in [0.05, 0.1) is 0 Å².